The fraction of sp³-hybridized carbons (Fsp3) is 0.533. The molecule has 1 aromatic rings. The zero-order valence-electron chi connectivity index (χ0n) is 11.5. The number of carbonyl (C=O) groups excluding carboxylic acids is 1. The Bertz CT molecular complexity index is 442. The average Bonchev–Trinajstić information content (AvgIpc) is 2.66. The van der Waals surface area contributed by atoms with E-state index in [9.17, 15) is 4.79 Å². The Morgan fingerprint density at radius 1 is 1.39 bits per heavy atom. The summed E-state index contributed by atoms with van der Waals surface area (Å²) in [6, 6.07) is 6.81. The number of likely N-dealkylation sites (N-methyl/N-ethyl adjacent to an activating group) is 1. The second kappa shape index (κ2) is 5.53. The molecule has 1 atom stereocenters. The van der Waals surface area contributed by atoms with Gasteiger partial charge in [0.15, 0.2) is 0 Å². The van der Waals surface area contributed by atoms with Crippen LogP contribution in [-0.2, 0) is 11.2 Å². The second-order valence-electron chi connectivity index (χ2n) is 4.93. The maximum Gasteiger partial charge on any atom is 0.231 e. The molecule has 1 N–H and O–H groups in total. The SMILES string of the molecule is CCCNC(CC)c1ccc2c(c1)CC(=O)N2C. The van der Waals surface area contributed by atoms with Crippen molar-refractivity contribution in [3.63, 3.8) is 0 Å². The lowest BCUT2D eigenvalue weighted by molar-refractivity contribution is -0.117. The van der Waals surface area contributed by atoms with Gasteiger partial charge in [0, 0.05) is 18.8 Å². The van der Waals surface area contributed by atoms with Crippen LogP contribution in [0.25, 0.3) is 0 Å². The maximum atomic E-state index is 11.7. The molecule has 1 heterocycles. The van der Waals surface area contributed by atoms with E-state index in [2.05, 4.69) is 37.4 Å². The lowest BCUT2D eigenvalue weighted by Gasteiger charge is -2.18. The van der Waals surface area contributed by atoms with E-state index in [0.717, 1.165) is 30.6 Å². The van der Waals surface area contributed by atoms with E-state index >= 15 is 0 Å². The molecule has 3 nitrogen and oxygen atoms in total. The monoisotopic (exact) mass is 246 g/mol. The molecule has 1 aliphatic rings. The Labute approximate surface area is 109 Å². The van der Waals surface area contributed by atoms with E-state index in [4.69, 9.17) is 0 Å². The molecule has 0 saturated carbocycles. The van der Waals surface area contributed by atoms with Crippen molar-refractivity contribution < 1.29 is 4.79 Å². The van der Waals surface area contributed by atoms with E-state index in [0.29, 0.717) is 12.5 Å². The van der Waals surface area contributed by atoms with Gasteiger partial charge in [-0.25, -0.2) is 0 Å². The number of fused-ring (bicyclic) bond motifs is 1. The highest BCUT2D eigenvalue weighted by atomic mass is 16.2. The van der Waals surface area contributed by atoms with Crippen molar-refractivity contribution in [3.8, 4) is 0 Å². The minimum Gasteiger partial charge on any atom is -0.315 e. The van der Waals surface area contributed by atoms with Crippen molar-refractivity contribution in [2.24, 2.45) is 0 Å². The standard InChI is InChI=1S/C15H22N2O/c1-4-8-16-13(5-2)11-6-7-14-12(9-11)10-15(18)17(14)3/h6-7,9,13,16H,4-5,8,10H2,1-3H3. The summed E-state index contributed by atoms with van der Waals surface area (Å²) in [4.78, 5) is 13.4. The number of hydrogen-bond acceptors (Lipinski definition) is 2. The molecule has 0 aromatic heterocycles. The predicted octanol–water partition coefficient (Wildman–Crippen LogP) is 2.66. The molecule has 1 aromatic carbocycles. The van der Waals surface area contributed by atoms with Crippen LogP contribution in [0.3, 0.4) is 0 Å². The Balaban J connectivity index is 2.21. The van der Waals surface area contributed by atoms with Crippen LogP contribution in [0.4, 0.5) is 5.69 Å². The van der Waals surface area contributed by atoms with Crippen molar-refractivity contribution in [1.82, 2.24) is 5.32 Å². The van der Waals surface area contributed by atoms with Gasteiger partial charge < -0.3 is 10.2 Å². The molecule has 0 saturated heterocycles. The lowest BCUT2D eigenvalue weighted by Crippen LogP contribution is -2.21. The topological polar surface area (TPSA) is 32.3 Å². The Morgan fingerprint density at radius 3 is 2.83 bits per heavy atom. The van der Waals surface area contributed by atoms with Crippen LogP contribution in [0.1, 0.15) is 43.9 Å². The summed E-state index contributed by atoms with van der Waals surface area (Å²) in [6.45, 7) is 5.41. The third-order valence-corrected chi connectivity index (χ3v) is 3.63. The number of benzene rings is 1. The minimum absolute atomic E-state index is 0.191. The number of anilines is 1. The molecule has 1 unspecified atom stereocenters. The van der Waals surface area contributed by atoms with Crippen molar-refractivity contribution in [2.45, 2.75) is 39.2 Å². The van der Waals surface area contributed by atoms with Gasteiger partial charge in [0.25, 0.3) is 0 Å². The van der Waals surface area contributed by atoms with Crippen molar-refractivity contribution in [1.29, 1.82) is 0 Å². The number of hydrogen-bond donors (Lipinski definition) is 1. The summed E-state index contributed by atoms with van der Waals surface area (Å²) in [5, 5.41) is 3.55. The summed E-state index contributed by atoms with van der Waals surface area (Å²) >= 11 is 0. The Kier molecular flexibility index (Phi) is 4.02. The normalized spacial score (nSPS) is 15.9. The van der Waals surface area contributed by atoms with Gasteiger partial charge in [0.05, 0.1) is 6.42 Å². The fourth-order valence-electron chi connectivity index (χ4n) is 2.52. The summed E-state index contributed by atoms with van der Waals surface area (Å²) < 4.78 is 0. The van der Waals surface area contributed by atoms with Crippen LogP contribution in [0.2, 0.25) is 0 Å². The molecule has 0 fully saturated rings. The van der Waals surface area contributed by atoms with Crippen molar-refractivity contribution in [2.75, 3.05) is 18.5 Å². The number of amides is 1. The van der Waals surface area contributed by atoms with Gasteiger partial charge in [-0.2, -0.15) is 0 Å². The quantitative estimate of drug-likeness (QED) is 0.866. The van der Waals surface area contributed by atoms with Gasteiger partial charge >= 0.3 is 0 Å². The molecule has 98 valence electrons. The van der Waals surface area contributed by atoms with Crippen LogP contribution in [0, 0.1) is 0 Å². The summed E-state index contributed by atoms with van der Waals surface area (Å²) in [5.74, 6) is 0.191. The zero-order chi connectivity index (χ0) is 13.1. The molecular weight excluding hydrogens is 224 g/mol. The smallest absolute Gasteiger partial charge is 0.231 e. The van der Waals surface area contributed by atoms with E-state index < -0.39 is 0 Å². The molecule has 2 rings (SSSR count). The first-order chi connectivity index (χ1) is 8.67. The summed E-state index contributed by atoms with van der Waals surface area (Å²) in [5.41, 5.74) is 3.53. The average molecular weight is 246 g/mol. The Hall–Kier alpha value is -1.35. The third-order valence-electron chi connectivity index (χ3n) is 3.63. The highest BCUT2D eigenvalue weighted by Gasteiger charge is 2.24. The van der Waals surface area contributed by atoms with Gasteiger partial charge in [-0.3, -0.25) is 4.79 Å². The van der Waals surface area contributed by atoms with E-state index in [1.165, 1.54) is 5.56 Å². The van der Waals surface area contributed by atoms with Crippen molar-refractivity contribution in [3.05, 3.63) is 29.3 Å². The second-order valence-corrected chi connectivity index (χ2v) is 4.93. The first-order valence-corrected chi connectivity index (χ1v) is 6.80. The van der Waals surface area contributed by atoms with E-state index in [-0.39, 0.29) is 5.91 Å². The number of carbonyl (C=O) groups is 1. The number of nitrogens with zero attached hydrogens (tertiary/aromatic N) is 1. The highest BCUT2D eigenvalue weighted by molar-refractivity contribution is 6.00. The van der Waals surface area contributed by atoms with Gasteiger partial charge in [-0.05, 0) is 36.6 Å². The molecule has 18 heavy (non-hydrogen) atoms. The lowest BCUT2D eigenvalue weighted by atomic mass is 10.0. The molecule has 1 amide bonds. The van der Waals surface area contributed by atoms with Gasteiger partial charge in [-0.15, -0.1) is 0 Å². The van der Waals surface area contributed by atoms with Gasteiger partial charge in [0.1, 0.15) is 0 Å². The van der Waals surface area contributed by atoms with Crippen LogP contribution < -0.4 is 10.2 Å². The first kappa shape index (κ1) is 13.1. The third kappa shape index (κ3) is 2.41. The number of rotatable bonds is 5. The molecule has 1 aliphatic heterocycles. The maximum absolute atomic E-state index is 11.7. The first-order valence-electron chi connectivity index (χ1n) is 6.80. The molecule has 0 radical (unpaired) electrons. The summed E-state index contributed by atoms with van der Waals surface area (Å²) in [7, 11) is 1.85. The number of nitrogens with one attached hydrogen (secondary N) is 1. The molecule has 0 bridgehead atoms. The molecule has 3 heteroatoms. The largest absolute Gasteiger partial charge is 0.315 e. The van der Waals surface area contributed by atoms with E-state index in [1.54, 1.807) is 4.90 Å². The predicted molar refractivity (Wildman–Crippen MR) is 74.9 cm³/mol. The van der Waals surface area contributed by atoms with Crippen LogP contribution in [-0.4, -0.2) is 19.5 Å². The Morgan fingerprint density at radius 2 is 2.17 bits per heavy atom. The summed E-state index contributed by atoms with van der Waals surface area (Å²) in [6.07, 6.45) is 2.76. The van der Waals surface area contributed by atoms with Crippen molar-refractivity contribution >= 4 is 11.6 Å². The van der Waals surface area contributed by atoms with Crippen LogP contribution >= 0.6 is 0 Å². The molecule has 0 spiro atoms. The van der Waals surface area contributed by atoms with Crippen LogP contribution in [0.5, 0.6) is 0 Å². The van der Waals surface area contributed by atoms with Gasteiger partial charge in [0.2, 0.25) is 5.91 Å². The fourth-order valence-corrected chi connectivity index (χ4v) is 2.52. The van der Waals surface area contributed by atoms with E-state index in [1.807, 2.05) is 7.05 Å². The van der Waals surface area contributed by atoms with Crippen LogP contribution in [0.15, 0.2) is 18.2 Å². The molecular formula is C15H22N2O. The van der Waals surface area contributed by atoms with Gasteiger partial charge in [-0.1, -0.05) is 26.0 Å². The highest BCUT2D eigenvalue weighted by Crippen LogP contribution is 2.30. The zero-order valence-corrected chi connectivity index (χ0v) is 11.5. The molecule has 0 aliphatic carbocycles. The minimum atomic E-state index is 0.191.